The summed E-state index contributed by atoms with van der Waals surface area (Å²) in [4.78, 5) is 24.2. The van der Waals surface area contributed by atoms with Crippen molar-refractivity contribution in [2.24, 2.45) is 0 Å². The first-order valence-electron chi connectivity index (χ1n) is 6.53. The van der Waals surface area contributed by atoms with Crippen molar-refractivity contribution in [2.75, 3.05) is 7.11 Å². The first kappa shape index (κ1) is 13.2. The van der Waals surface area contributed by atoms with Crippen LogP contribution in [0.2, 0.25) is 0 Å². The number of ether oxygens (including phenoxy) is 1. The summed E-state index contributed by atoms with van der Waals surface area (Å²) in [7, 11) is 1.39. The zero-order chi connectivity index (χ0) is 14.7. The molecule has 0 N–H and O–H groups in total. The molecule has 0 saturated heterocycles. The lowest BCUT2D eigenvalue weighted by Gasteiger charge is -2.09. The summed E-state index contributed by atoms with van der Waals surface area (Å²) >= 11 is 0. The Labute approximate surface area is 121 Å². The topological polar surface area (TPSA) is 69.9 Å². The Balaban J connectivity index is 1.93. The van der Waals surface area contributed by atoms with Gasteiger partial charge in [0.1, 0.15) is 0 Å². The van der Waals surface area contributed by atoms with Gasteiger partial charge in [-0.05, 0) is 11.1 Å². The smallest absolute Gasteiger partial charge is 0.309 e. The molecule has 6 nitrogen and oxygen atoms in total. The molecule has 0 unspecified atom stereocenters. The Morgan fingerprint density at radius 3 is 2.71 bits per heavy atom. The van der Waals surface area contributed by atoms with Crippen LogP contribution in [0.4, 0.5) is 0 Å². The van der Waals surface area contributed by atoms with Crippen molar-refractivity contribution in [3.63, 3.8) is 0 Å². The maximum absolute atomic E-state index is 11.5. The van der Waals surface area contributed by atoms with Gasteiger partial charge in [-0.2, -0.15) is 0 Å². The molecule has 0 bridgehead atoms. The minimum Gasteiger partial charge on any atom is -0.469 e. The van der Waals surface area contributed by atoms with E-state index in [4.69, 9.17) is 4.74 Å². The summed E-state index contributed by atoms with van der Waals surface area (Å²) in [6.07, 6.45) is 5.22. The van der Waals surface area contributed by atoms with E-state index in [1.165, 1.54) is 7.11 Å². The van der Waals surface area contributed by atoms with Crippen LogP contribution < -0.4 is 0 Å². The van der Waals surface area contributed by atoms with Gasteiger partial charge in [0.25, 0.3) is 0 Å². The Hall–Kier alpha value is -2.76. The van der Waals surface area contributed by atoms with Gasteiger partial charge in [-0.1, -0.05) is 24.3 Å². The standard InChI is InChI=1S/C15H14N4O2/c1-21-13(20)8-11-4-2-3-5-12(11)9-19-10-18-14-15(19)17-7-6-16-14/h2-7,10H,8-9H2,1H3. The van der Waals surface area contributed by atoms with E-state index < -0.39 is 0 Å². The monoisotopic (exact) mass is 282 g/mol. The molecule has 6 heteroatoms. The number of esters is 1. The van der Waals surface area contributed by atoms with Gasteiger partial charge < -0.3 is 9.30 Å². The average molecular weight is 282 g/mol. The highest BCUT2D eigenvalue weighted by molar-refractivity contribution is 5.73. The largest absolute Gasteiger partial charge is 0.469 e. The fourth-order valence-electron chi connectivity index (χ4n) is 2.21. The van der Waals surface area contributed by atoms with E-state index in [1.54, 1.807) is 18.7 Å². The minimum atomic E-state index is -0.252. The van der Waals surface area contributed by atoms with Crippen molar-refractivity contribution < 1.29 is 9.53 Å². The molecule has 3 rings (SSSR count). The molecule has 0 aliphatic rings. The van der Waals surface area contributed by atoms with Crippen LogP contribution in [0.1, 0.15) is 11.1 Å². The van der Waals surface area contributed by atoms with E-state index in [-0.39, 0.29) is 12.4 Å². The Morgan fingerprint density at radius 2 is 1.90 bits per heavy atom. The second-order valence-corrected chi connectivity index (χ2v) is 4.60. The number of hydrogen-bond donors (Lipinski definition) is 0. The lowest BCUT2D eigenvalue weighted by atomic mass is 10.0. The second kappa shape index (κ2) is 5.70. The summed E-state index contributed by atoms with van der Waals surface area (Å²) in [5, 5.41) is 0. The third-order valence-electron chi connectivity index (χ3n) is 3.27. The lowest BCUT2D eigenvalue weighted by molar-refractivity contribution is -0.139. The predicted octanol–water partition coefficient (Wildman–Crippen LogP) is 1.59. The first-order chi connectivity index (χ1) is 10.3. The van der Waals surface area contributed by atoms with Gasteiger partial charge in [-0.25, -0.2) is 15.0 Å². The number of rotatable bonds is 4. The summed E-state index contributed by atoms with van der Waals surface area (Å²) in [5.41, 5.74) is 3.32. The summed E-state index contributed by atoms with van der Waals surface area (Å²) in [6.45, 7) is 0.586. The Kier molecular flexibility index (Phi) is 3.59. The van der Waals surface area contributed by atoms with Crippen molar-refractivity contribution in [2.45, 2.75) is 13.0 Å². The van der Waals surface area contributed by atoms with Crippen LogP contribution in [0.15, 0.2) is 43.0 Å². The molecule has 0 radical (unpaired) electrons. The number of hydrogen-bond acceptors (Lipinski definition) is 5. The quantitative estimate of drug-likeness (QED) is 0.680. The molecule has 21 heavy (non-hydrogen) atoms. The first-order valence-corrected chi connectivity index (χ1v) is 6.53. The number of imidazole rings is 1. The van der Waals surface area contributed by atoms with Crippen LogP contribution in [-0.2, 0) is 22.5 Å². The molecule has 1 aromatic carbocycles. The minimum absolute atomic E-state index is 0.252. The van der Waals surface area contributed by atoms with Gasteiger partial charge in [0, 0.05) is 12.4 Å². The molecular formula is C15H14N4O2. The third-order valence-corrected chi connectivity index (χ3v) is 3.27. The van der Waals surface area contributed by atoms with Crippen LogP contribution in [0, 0.1) is 0 Å². The Morgan fingerprint density at radius 1 is 1.14 bits per heavy atom. The van der Waals surface area contributed by atoms with Gasteiger partial charge in [0.2, 0.25) is 0 Å². The number of aromatic nitrogens is 4. The lowest BCUT2D eigenvalue weighted by Crippen LogP contribution is -2.09. The number of carbonyl (C=O) groups excluding carboxylic acids is 1. The number of carbonyl (C=O) groups is 1. The van der Waals surface area contributed by atoms with Crippen LogP contribution in [0.3, 0.4) is 0 Å². The molecule has 0 spiro atoms. The van der Waals surface area contributed by atoms with Gasteiger partial charge in [-0.15, -0.1) is 0 Å². The van der Waals surface area contributed by atoms with E-state index in [0.29, 0.717) is 12.2 Å². The number of nitrogens with zero attached hydrogens (tertiary/aromatic N) is 4. The number of fused-ring (bicyclic) bond motifs is 1. The molecule has 0 saturated carbocycles. The van der Waals surface area contributed by atoms with Crippen molar-refractivity contribution in [3.8, 4) is 0 Å². The summed E-state index contributed by atoms with van der Waals surface area (Å²) < 4.78 is 6.65. The highest BCUT2D eigenvalue weighted by Gasteiger charge is 2.10. The summed E-state index contributed by atoms with van der Waals surface area (Å²) in [5.74, 6) is -0.252. The van der Waals surface area contributed by atoms with Crippen molar-refractivity contribution in [1.82, 2.24) is 19.5 Å². The van der Waals surface area contributed by atoms with E-state index in [0.717, 1.165) is 16.8 Å². The maximum Gasteiger partial charge on any atom is 0.309 e. The molecule has 0 amide bonds. The van der Waals surface area contributed by atoms with Gasteiger partial charge >= 0.3 is 5.97 Å². The maximum atomic E-state index is 11.5. The van der Waals surface area contributed by atoms with Crippen molar-refractivity contribution in [3.05, 3.63) is 54.1 Å². The zero-order valence-electron chi connectivity index (χ0n) is 11.6. The van der Waals surface area contributed by atoms with Crippen LogP contribution in [0.5, 0.6) is 0 Å². The highest BCUT2D eigenvalue weighted by atomic mass is 16.5. The van der Waals surface area contributed by atoms with Gasteiger partial charge in [0.05, 0.1) is 26.4 Å². The third kappa shape index (κ3) is 2.74. The normalized spacial score (nSPS) is 10.7. The molecule has 106 valence electrons. The average Bonchev–Trinajstić information content (AvgIpc) is 2.92. The molecule has 0 atom stereocenters. The van der Waals surface area contributed by atoms with Gasteiger partial charge in [-0.3, -0.25) is 4.79 Å². The second-order valence-electron chi connectivity index (χ2n) is 4.60. The Bertz CT molecular complexity index is 782. The molecule has 3 aromatic rings. The van der Waals surface area contributed by atoms with E-state index in [2.05, 4.69) is 15.0 Å². The molecule has 0 aliphatic heterocycles. The van der Waals surface area contributed by atoms with E-state index in [9.17, 15) is 4.79 Å². The highest BCUT2D eigenvalue weighted by Crippen LogP contribution is 2.14. The zero-order valence-corrected chi connectivity index (χ0v) is 11.6. The fourth-order valence-corrected chi connectivity index (χ4v) is 2.21. The molecule has 2 heterocycles. The van der Waals surface area contributed by atoms with Crippen LogP contribution in [-0.4, -0.2) is 32.6 Å². The number of methoxy groups -OCH3 is 1. The molecule has 2 aromatic heterocycles. The van der Waals surface area contributed by atoms with Crippen LogP contribution in [0.25, 0.3) is 11.3 Å². The van der Waals surface area contributed by atoms with Crippen LogP contribution >= 0.6 is 0 Å². The predicted molar refractivity (Wildman–Crippen MR) is 76.6 cm³/mol. The van der Waals surface area contributed by atoms with E-state index in [1.807, 2.05) is 28.8 Å². The fraction of sp³-hybridized carbons (Fsp3) is 0.200. The summed E-state index contributed by atoms with van der Waals surface area (Å²) in [6, 6.07) is 7.77. The van der Waals surface area contributed by atoms with Crippen molar-refractivity contribution in [1.29, 1.82) is 0 Å². The molecular weight excluding hydrogens is 268 g/mol. The molecule has 0 aliphatic carbocycles. The SMILES string of the molecule is COC(=O)Cc1ccccc1Cn1cnc2nccnc21. The van der Waals surface area contributed by atoms with Crippen molar-refractivity contribution >= 4 is 17.3 Å². The number of benzene rings is 1. The van der Waals surface area contributed by atoms with E-state index >= 15 is 0 Å². The van der Waals surface area contributed by atoms with Gasteiger partial charge in [0.15, 0.2) is 11.3 Å². The molecule has 0 fully saturated rings.